The summed E-state index contributed by atoms with van der Waals surface area (Å²) in [6, 6.07) is 14.0. The first-order valence-corrected chi connectivity index (χ1v) is 13.3. The summed E-state index contributed by atoms with van der Waals surface area (Å²) in [6.07, 6.45) is 3.19. The van der Waals surface area contributed by atoms with Crippen LogP contribution in [0.5, 0.6) is 5.75 Å². The van der Waals surface area contributed by atoms with Crippen molar-refractivity contribution in [2.24, 2.45) is 0 Å². The molecular formula is C25H29N3O4S2. The van der Waals surface area contributed by atoms with Crippen LogP contribution in [0.15, 0.2) is 64.9 Å². The Balaban J connectivity index is 1.48. The van der Waals surface area contributed by atoms with Gasteiger partial charge in [0.2, 0.25) is 15.9 Å². The van der Waals surface area contributed by atoms with Crippen molar-refractivity contribution in [2.45, 2.75) is 38.8 Å². The average Bonchev–Trinajstić information content (AvgIpc) is 3.26. The molecule has 1 heterocycles. The Bertz CT molecular complexity index is 1210. The van der Waals surface area contributed by atoms with Gasteiger partial charge in [-0.3, -0.25) is 4.79 Å². The van der Waals surface area contributed by atoms with Crippen molar-refractivity contribution in [2.75, 3.05) is 13.1 Å². The Morgan fingerprint density at radius 1 is 1.09 bits per heavy atom. The molecule has 0 fully saturated rings. The maximum absolute atomic E-state index is 12.6. The largest absolute Gasteiger partial charge is 0.487 e. The van der Waals surface area contributed by atoms with Crippen molar-refractivity contribution in [3.05, 3.63) is 81.8 Å². The molecule has 9 heteroatoms. The standard InChI is InChI=1S/C25H29N3O4S2/c1-4-28(5-2)34(30,31)24-13-8-21(9-14-24)16-26-25(29)15-10-20-6-11-23(12-7-20)32-17-22-18-33-19(3)27-22/h6-15,18H,4-5,16-17H2,1-3H3,(H,26,29)/b15-10+. The summed E-state index contributed by atoms with van der Waals surface area (Å²) in [4.78, 5) is 16.8. The van der Waals surface area contributed by atoms with Gasteiger partial charge in [0, 0.05) is 31.1 Å². The number of rotatable bonds is 11. The van der Waals surface area contributed by atoms with E-state index in [0.717, 1.165) is 27.6 Å². The monoisotopic (exact) mass is 499 g/mol. The first-order chi connectivity index (χ1) is 16.3. The highest BCUT2D eigenvalue weighted by Crippen LogP contribution is 2.17. The van der Waals surface area contributed by atoms with Gasteiger partial charge in [0.25, 0.3) is 0 Å². The Labute approximate surface area is 205 Å². The zero-order valence-corrected chi connectivity index (χ0v) is 21.2. The van der Waals surface area contributed by atoms with Crippen LogP contribution in [0.4, 0.5) is 0 Å². The maximum atomic E-state index is 12.6. The highest BCUT2D eigenvalue weighted by molar-refractivity contribution is 7.89. The highest BCUT2D eigenvalue weighted by Gasteiger charge is 2.21. The third-order valence-corrected chi connectivity index (χ3v) is 7.98. The van der Waals surface area contributed by atoms with E-state index in [-0.39, 0.29) is 10.8 Å². The third-order valence-electron chi connectivity index (χ3n) is 5.09. The molecule has 3 aromatic rings. The lowest BCUT2D eigenvalue weighted by Gasteiger charge is -2.18. The van der Waals surface area contributed by atoms with Gasteiger partial charge in [-0.1, -0.05) is 38.1 Å². The van der Waals surface area contributed by atoms with Crippen molar-refractivity contribution in [3.8, 4) is 5.75 Å². The number of aromatic nitrogens is 1. The van der Waals surface area contributed by atoms with Crippen molar-refractivity contribution in [1.29, 1.82) is 0 Å². The van der Waals surface area contributed by atoms with Gasteiger partial charge < -0.3 is 10.1 Å². The SMILES string of the molecule is CCN(CC)S(=O)(=O)c1ccc(CNC(=O)/C=C/c2ccc(OCc3csc(C)n3)cc2)cc1. The van der Waals surface area contributed by atoms with Crippen molar-refractivity contribution < 1.29 is 17.9 Å². The molecule has 0 radical (unpaired) electrons. The number of sulfonamides is 1. The van der Waals surface area contributed by atoms with Crippen LogP contribution in [0, 0.1) is 6.92 Å². The molecular weight excluding hydrogens is 470 g/mol. The molecule has 0 atom stereocenters. The lowest BCUT2D eigenvalue weighted by molar-refractivity contribution is -0.116. The Morgan fingerprint density at radius 2 is 1.76 bits per heavy atom. The highest BCUT2D eigenvalue weighted by atomic mass is 32.2. The van der Waals surface area contributed by atoms with Gasteiger partial charge in [-0.05, 0) is 48.4 Å². The number of aryl methyl sites for hydroxylation is 1. The van der Waals surface area contributed by atoms with E-state index in [1.807, 2.05) is 50.4 Å². The summed E-state index contributed by atoms with van der Waals surface area (Å²) in [5.74, 6) is 0.498. The predicted octanol–water partition coefficient (Wildman–Crippen LogP) is 4.39. The minimum Gasteiger partial charge on any atom is -0.487 e. The number of amides is 1. The van der Waals surface area contributed by atoms with E-state index >= 15 is 0 Å². The summed E-state index contributed by atoms with van der Waals surface area (Å²) in [5.41, 5.74) is 2.60. The molecule has 0 aliphatic heterocycles. The normalized spacial score (nSPS) is 11.8. The fraction of sp³-hybridized carbons (Fsp3) is 0.280. The molecule has 34 heavy (non-hydrogen) atoms. The van der Waals surface area contributed by atoms with Crippen LogP contribution in [-0.2, 0) is 28.0 Å². The topological polar surface area (TPSA) is 88.6 Å². The minimum atomic E-state index is -3.49. The lowest BCUT2D eigenvalue weighted by Crippen LogP contribution is -2.30. The Hall–Kier alpha value is -3.01. The molecule has 2 aromatic carbocycles. The summed E-state index contributed by atoms with van der Waals surface area (Å²) < 4.78 is 32.2. The number of hydrogen-bond donors (Lipinski definition) is 1. The van der Waals surface area contributed by atoms with Gasteiger partial charge in [0.1, 0.15) is 12.4 Å². The summed E-state index contributed by atoms with van der Waals surface area (Å²) in [6.45, 7) is 7.15. The molecule has 1 aromatic heterocycles. The van der Waals surface area contributed by atoms with E-state index in [1.165, 1.54) is 10.4 Å². The van der Waals surface area contributed by atoms with Crippen LogP contribution in [0.25, 0.3) is 6.08 Å². The molecule has 0 aliphatic carbocycles. The first-order valence-electron chi connectivity index (χ1n) is 11.0. The van der Waals surface area contributed by atoms with Crippen LogP contribution in [0.1, 0.15) is 35.7 Å². The third kappa shape index (κ3) is 6.99. The second-order valence-corrected chi connectivity index (χ2v) is 10.5. The van der Waals surface area contributed by atoms with E-state index in [9.17, 15) is 13.2 Å². The van der Waals surface area contributed by atoms with Crippen LogP contribution < -0.4 is 10.1 Å². The zero-order valence-electron chi connectivity index (χ0n) is 19.5. The molecule has 180 valence electrons. The molecule has 0 saturated heterocycles. The van der Waals surface area contributed by atoms with Gasteiger partial charge in [0.05, 0.1) is 15.6 Å². The Morgan fingerprint density at radius 3 is 2.35 bits per heavy atom. The van der Waals surface area contributed by atoms with Crippen LogP contribution >= 0.6 is 11.3 Å². The molecule has 1 amide bonds. The van der Waals surface area contributed by atoms with E-state index < -0.39 is 10.0 Å². The number of hydrogen-bond acceptors (Lipinski definition) is 6. The van der Waals surface area contributed by atoms with Crippen molar-refractivity contribution in [1.82, 2.24) is 14.6 Å². The molecule has 3 rings (SSSR count). The molecule has 0 spiro atoms. The van der Waals surface area contributed by atoms with Crippen LogP contribution in [0.2, 0.25) is 0 Å². The van der Waals surface area contributed by atoms with Gasteiger partial charge in [-0.15, -0.1) is 11.3 Å². The van der Waals surface area contributed by atoms with E-state index in [4.69, 9.17) is 4.74 Å². The number of thiazole rings is 1. The van der Waals surface area contributed by atoms with Crippen LogP contribution in [-0.4, -0.2) is 36.7 Å². The predicted molar refractivity (Wildman–Crippen MR) is 135 cm³/mol. The quantitative estimate of drug-likeness (QED) is 0.395. The van der Waals surface area contributed by atoms with E-state index in [2.05, 4.69) is 10.3 Å². The summed E-state index contributed by atoms with van der Waals surface area (Å²) in [5, 5.41) is 5.80. The molecule has 7 nitrogen and oxygen atoms in total. The average molecular weight is 500 g/mol. The summed E-state index contributed by atoms with van der Waals surface area (Å²) in [7, 11) is -3.49. The minimum absolute atomic E-state index is 0.237. The maximum Gasteiger partial charge on any atom is 0.244 e. The van der Waals surface area contributed by atoms with E-state index in [1.54, 1.807) is 41.7 Å². The summed E-state index contributed by atoms with van der Waals surface area (Å²) >= 11 is 1.59. The van der Waals surface area contributed by atoms with E-state index in [0.29, 0.717) is 26.2 Å². The van der Waals surface area contributed by atoms with Crippen molar-refractivity contribution in [3.63, 3.8) is 0 Å². The van der Waals surface area contributed by atoms with Gasteiger partial charge in [-0.25, -0.2) is 13.4 Å². The zero-order chi connectivity index (χ0) is 24.6. The van der Waals surface area contributed by atoms with Gasteiger partial charge in [0.15, 0.2) is 0 Å². The number of benzene rings is 2. The van der Waals surface area contributed by atoms with Crippen LogP contribution in [0.3, 0.4) is 0 Å². The molecule has 1 N–H and O–H groups in total. The number of carbonyl (C=O) groups excluding carboxylic acids is 1. The first kappa shape index (κ1) is 25.6. The van der Waals surface area contributed by atoms with Gasteiger partial charge >= 0.3 is 0 Å². The molecule has 0 bridgehead atoms. The lowest BCUT2D eigenvalue weighted by atomic mass is 10.2. The molecule has 0 aliphatic rings. The number of nitrogens with zero attached hydrogens (tertiary/aromatic N) is 2. The van der Waals surface area contributed by atoms with Crippen molar-refractivity contribution >= 4 is 33.3 Å². The number of nitrogens with one attached hydrogen (secondary N) is 1. The van der Waals surface area contributed by atoms with Gasteiger partial charge in [-0.2, -0.15) is 4.31 Å². The number of ether oxygens (including phenoxy) is 1. The fourth-order valence-corrected chi connectivity index (χ4v) is 5.27. The second kappa shape index (κ2) is 11.9. The fourth-order valence-electron chi connectivity index (χ4n) is 3.22. The smallest absolute Gasteiger partial charge is 0.244 e. The Kier molecular flexibility index (Phi) is 8.98. The molecule has 0 unspecified atom stereocenters. The molecule has 0 saturated carbocycles. The number of carbonyl (C=O) groups is 1. The second-order valence-electron chi connectivity index (χ2n) is 7.50.